The molecule has 0 fully saturated rings. The van der Waals surface area contributed by atoms with Crippen LogP contribution in [-0.2, 0) is 0 Å². The second kappa shape index (κ2) is 14.3. The molecule has 2 aliphatic rings. The second-order valence-corrected chi connectivity index (χ2v) is 17.1. The van der Waals surface area contributed by atoms with E-state index < -0.39 is 0 Å². The number of rotatable bonds is 6. The highest BCUT2D eigenvalue weighted by atomic mass is 32.2. The normalized spacial score (nSPS) is 15.6. The Hall–Kier alpha value is -7.94. The Kier molecular flexibility index (Phi) is 8.14. The summed E-state index contributed by atoms with van der Waals surface area (Å²) in [4.78, 5) is 27.5. The molecule has 0 radical (unpaired) electrons. The fourth-order valence-corrected chi connectivity index (χ4v) is 10.8. The molecule has 11 aromatic rings. The van der Waals surface area contributed by atoms with Crippen LogP contribution in [0.15, 0.2) is 203 Å². The van der Waals surface area contributed by atoms with Crippen molar-refractivity contribution in [2.75, 3.05) is 0 Å². The zero-order chi connectivity index (χ0) is 41.4. The lowest BCUT2D eigenvalue weighted by Gasteiger charge is -2.22. The SMILES string of the molecule is C1=CC2c3cc(-c4nc(-c5ccccc5)nc(-c5cccc6c5c5ccccc5n6-c5ccccc5)n4)ccc3SC2C(c2nc(-c3ccccc3)c3oc4ccccc4c3n2)=C1. The van der Waals surface area contributed by atoms with Crippen molar-refractivity contribution in [1.82, 2.24) is 29.5 Å². The van der Waals surface area contributed by atoms with Crippen LogP contribution < -0.4 is 0 Å². The lowest BCUT2D eigenvalue weighted by molar-refractivity contribution is 0.667. The van der Waals surface area contributed by atoms with Gasteiger partial charge in [0.25, 0.3) is 0 Å². The quantitative estimate of drug-likeness (QED) is 0.165. The van der Waals surface area contributed by atoms with Crippen LogP contribution in [0, 0.1) is 0 Å². The topological polar surface area (TPSA) is 82.5 Å². The van der Waals surface area contributed by atoms with Gasteiger partial charge in [-0.15, -0.1) is 11.8 Å². The van der Waals surface area contributed by atoms with E-state index >= 15 is 0 Å². The van der Waals surface area contributed by atoms with E-state index in [2.05, 4.69) is 144 Å². The fourth-order valence-electron chi connectivity index (χ4n) is 9.38. The number of hydrogen-bond acceptors (Lipinski definition) is 7. The molecule has 0 saturated heterocycles. The Morgan fingerprint density at radius 3 is 2.03 bits per heavy atom. The fraction of sp³-hybridized carbons (Fsp3) is 0.0364. The molecule has 13 rings (SSSR count). The summed E-state index contributed by atoms with van der Waals surface area (Å²) in [6.07, 6.45) is 6.64. The summed E-state index contributed by atoms with van der Waals surface area (Å²) >= 11 is 1.86. The molecule has 4 aromatic heterocycles. The molecule has 2 unspecified atom stereocenters. The molecule has 7 nitrogen and oxygen atoms in total. The van der Waals surface area contributed by atoms with Gasteiger partial charge in [0.05, 0.1) is 11.0 Å². The van der Waals surface area contributed by atoms with Crippen LogP contribution >= 0.6 is 11.8 Å². The first kappa shape index (κ1) is 35.8. The summed E-state index contributed by atoms with van der Waals surface area (Å²) < 4.78 is 8.75. The molecular formula is C55H34N6OS. The average molecular weight is 827 g/mol. The Morgan fingerprint density at radius 1 is 0.524 bits per heavy atom. The maximum Gasteiger partial charge on any atom is 0.180 e. The standard InChI is InChI=1S/C55H34N6OS/c1-4-16-33(17-5-1)48-50-49(39-23-11-13-29-45(39)62-50)57-55(56-48)41-26-14-24-37-42-32-35(30-31-46(42)63-51(37)41)53-58-52(34-18-6-2-7-19-34)59-54(60-53)40-25-15-28-44-47(40)38-22-10-12-27-43(38)61(44)36-20-8-3-9-21-36/h1-32,37,51H. The van der Waals surface area contributed by atoms with Gasteiger partial charge in [0.1, 0.15) is 16.8 Å². The van der Waals surface area contributed by atoms with Crippen LogP contribution in [0.1, 0.15) is 17.3 Å². The van der Waals surface area contributed by atoms with Gasteiger partial charge >= 0.3 is 0 Å². The smallest absolute Gasteiger partial charge is 0.180 e. The highest BCUT2D eigenvalue weighted by Gasteiger charge is 2.38. The summed E-state index contributed by atoms with van der Waals surface area (Å²) in [5.74, 6) is 2.69. The van der Waals surface area contributed by atoms with E-state index in [1.165, 1.54) is 10.5 Å². The van der Waals surface area contributed by atoms with Crippen molar-refractivity contribution < 1.29 is 4.42 Å². The molecule has 8 heteroatoms. The highest BCUT2D eigenvalue weighted by molar-refractivity contribution is 8.00. The Bertz CT molecular complexity index is 3670. The number of para-hydroxylation sites is 3. The van der Waals surface area contributed by atoms with Gasteiger partial charge in [-0.1, -0.05) is 146 Å². The number of aromatic nitrogens is 6. The van der Waals surface area contributed by atoms with E-state index in [0.29, 0.717) is 28.9 Å². The third-order valence-corrected chi connectivity index (χ3v) is 13.7. The molecule has 0 saturated carbocycles. The van der Waals surface area contributed by atoms with Crippen molar-refractivity contribution in [1.29, 1.82) is 0 Å². The minimum absolute atomic E-state index is 0.0767. The van der Waals surface area contributed by atoms with Crippen LogP contribution in [0.25, 0.3) is 101 Å². The first-order valence-electron chi connectivity index (χ1n) is 21.1. The molecule has 0 spiro atoms. The predicted molar refractivity (Wildman–Crippen MR) is 255 cm³/mol. The largest absolute Gasteiger partial charge is 0.452 e. The van der Waals surface area contributed by atoms with Crippen molar-refractivity contribution >= 4 is 61.2 Å². The van der Waals surface area contributed by atoms with Gasteiger partial charge in [0.2, 0.25) is 0 Å². The average Bonchev–Trinajstić information content (AvgIpc) is 4.04. The number of furan rings is 1. The molecule has 1 aliphatic carbocycles. The number of fused-ring (bicyclic) bond motifs is 9. The van der Waals surface area contributed by atoms with Crippen molar-refractivity contribution in [2.24, 2.45) is 0 Å². The third-order valence-electron chi connectivity index (χ3n) is 12.3. The highest BCUT2D eigenvalue weighted by Crippen LogP contribution is 2.53. The predicted octanol–water partition coefficient (Wildman–Crippen LogP) is 13.5. The summed E-state index contributed by atoms with van der Waals surface area (Å²) in [5, 5.41) is 3.30. The minimum Gasteiger partial charge on any atom is -0.452 e. The van der Waals surface area contributed by atoms with Gasteiger partial charge in [0.15, 0.2) is 28.9 Å². The lowest BCUT2D eigenvalue weighted by atomic mass is 9.87. The monoisotopic (exact) mass is 826 g/mol. The summed E-state index contributed by atoms with van der Waals surface area (Å²) in [7, 11) is 0. The molecule has 5 heterocycles. The Labute approximate surface area is 366 Å². The van der Waals surface area contributed by atoms with Gasteiger partial charge in [-0.3, -0.25) is 0 Å². The maximum absolute atomic E-state index is 6.42. The van der Waals surface area contributed by atoms with Crippen LogP contribution in [0.2, 0.25) is 0 Å². The number of hydrogen-bond donors (Lipinski definition) is 0. The molecule has 0 N–H and O–H groups in total. The van der Waals surface area contributed by atoms with Crippen LogP contribution in [0.4, 0.5) is 0 Å². The van der Waals surface area contributed by atoms with Crippen LogP contribution in [-0.4, -0.2) is 34.7 Å². The maximum atomic E-state index is 6.42. The second-order valence-electron chi connectivity index (χ2n) is 15.9. The number of allylic oxidation sites excluding steroid dienone is 3. The number of thioether (sulfide) groups is 1. The Morgan fingerprint density at radius 2 is 1.21 bits per heavy atom. The van der Waals surface area contributed by atoms with Crippen LogP contribution in [0.3, 0.4) is 0 Å². The van der Waals surface area contributed by atoms with E-state index in [-0.39, 0.29) is 11.2 Å². The zero-order valence-electron chi connectivity index (χ0n) is 33.6. The third kappa shape index (κ3) is 5.79. The van der Waals surface area contributed by atoms with Crippen molar-refractivity contribution in [2.45, 2.75) is 16.1 Å². The summed E-state index contributed by atoms with van der Waals surface area (Å²) in [6, 6.07) is 60.7. The number of nitrogens with zero attached hydrogens (tertiary/aromatic N) is 6. The van der Waals surface area contributed by atoms with Crippen molar-refractivity contribution in [3.63, 3.8) is 0 Å². The van der Waals surface area contributed by atoms with Crippen molar-refractivity contribution in [3.05, 3.63) is 206 Å². The first-order valence-corrected chi connectivity index (χ1v) is 22.0. The van der Waals surface area contributed by atoms with Gasteiger partial charge in [0, 0.05) is 65.7 Å². The first-order chi connectivity index (χ1) is 31.2. The molecule has 0 bridgehead atoms. The van der Waals surface area contributed by atoms with E-state index in [1.54, 1.807) is 0 Å². The molecule has 7 aromatic carbocycles. The number of benzene rings is 7. The van der Waals surface area contributed by atoms with Gasteiger partial charge in [-0.25, -0.2) is 24.9 Å². The minimum atomic E-state index is 0.0767. The van der Waals surface area contributed by atoms with Crippen LogP contribution in [0.5, 0.6) is 0 Å². The lowest BCUT2D eigenvalue weighted by Crippen LogP contribution is -2.15. The Balaban J connectivity index is 0.933. The van der Waals surface area contributed by atoms with E-state index in [9.17, 15) is 0 Å². The van der Waals surface area contributed by atoms with Gasteiger partial charge in [-0.05, 0) is 54.1 Å². The zero-order valence-corrected chi connectivity index (χ0v) is 34.4. The van der Waals surface area contributed by atoms with E-state index in [4.69, 9.17) is 29.3 Å². The van der Waals surface area contributed by atoms with Gasteiger partial charge < -0.3 is 8.98 Å². The van der Waals surface area contributed by atoms with E-state index in [0.717, 1.165) is 77.5 Å². The summed E-state index contributed by atoms with van der Waals surface area (Å²) in [5.41, 5.74) is 12.6. The molecule has 296 valence electrons. The summed E-state index contributed by atoms with van der Waals surface area (Å²) in [6.45, 7) is 0. The molecule has 2 atom stereocenters. The van der Waals surface area contributed by atoms with Gasteiger partial charge in [-0.2, -0.15) is 0 Å². The molecule has 1 aliphatic heterocycles. The molecule has 0 amide bonds. The molecule has 63 heavy (non-hydrogen) atoms. The van der Waals surface area contributed by atoms with Crippen molar-refractivity contribution in [3.8, 4) is 51.1 Å². The van der Waals surface area contributed by atoms with E-state index in [1.807, 2.05) is 66.4 Å². The molecular weight excluding hydrogens is 793 g/mol.